The van der Waals surface area contributed by atoms with Gasteiger partial charge in [0.1, 0.15) is 0 Å². The van der Waals surface area contributed by atoms with E-state index >= 15 is 0 Å². The minimum Gasteiger partial charge on any atom is -0.353 e. The summed E-state index contributed by atoms with van der Waals surface area (Å²) in [4.78, 5) is 10.2. The Bertz CT molecular complexity index is 552. The van der Waals surface area contributed by atoms with Gasteiger partial charge in [-0.05, 0) is 26.7 Å². The lowest BCUT2D eigenvalue weighted by atomic mass is 10.2. The summed E-state index contributed by atoms with van der Waals surface area (Å²) in [5, 5.41) is 4.72. The first-order chi connectivity index (χ1) is 9.20. The van der Waals surface area contributed by atoms with Crippen LogP contribution in [0.3, 0.4) is 0 Å². The fourth-order valence-corrected chi connectivity index (χ4v) is 3.48. The van der Waals surface area contributed by atoms with Crippen molar-refractivity contribution in [3.63, 3.8) is 0 Å². The number of hydrogen-bond acceptors (Lipinski definition) is 4. The molecule has 4 nitrogen and oxygen atoms in total. The normalized spacial score (nSPS) is 16.1. The van der Waals surface area contributed by atoms with Crippen LogP contribution in [0, 0.1) is 13.8 Å². The molecule has 1 saturated carbocycles. The molecule has 1 aliphatic rings. The lowest BCUT2D eigenvalue weighted by Gasteiger charge is -2.14. The largest absolute Gasteiger partial charge is 0.353 e. The van der Waals surface area contributed by atoms with E-state index in [0.29, 0.717) is 6.04 Å². The van der Waals surface area contributed by atoms with E-state index < -0.39 is 0 Å². The second-order valence-corrected chi connectivity index (χ2v) is 6.62. The Morgan fingerprint density at radius 3 is 2.84 bits per heavy atom. The quantitative estimate of drug-likeness (QED) is 0.931. The molecule has 2 aromatic rings. The zero-order valence-corrected chi connectivity index (χ0v) is 12.3. The van der Waals surface area contributed by atoms with Crippen molar-refractivity contribution in [3.05, 3.63) is 28.0 Å². The zero-order chi connectivity index (χ0) is 13.2. The third-order valence-corrected chi connectivity index (χ3v) is 4.48. The summed E-state index contributed by atoms with van der Waals surface area (Å²) in [6.07, 6.45) is 9.30. The van der Waals surface area contributed by atoms with E-state index in [-0.39, 0.29) is 0 Å². The van der Waals surface area contributed by atoms with Gasteiger partial charge in [-0.1, -0.05) is 12.8 Å². The van der Waals surface area contributed by atoms with E-state index in [0.717, 1.165) is 23.2 Å². The van der Waals surface area contributed by atoms with Gasteiger partial charge in [-0.25, -0.2) is 9.97 Å². The molecule has 0 saturated heterocycles. The molecule has 0 atom stereocenters. The third-order valence-electron chi connectivity index (χ3n) is 3.58. The SMILES string of the molecule is Cc1cn(Cc2cnc(C)s2)c(NC2CCCC2)n1. The number of nitrogens with zero attached hydrogens (tertiary/aromatic N) is 3. The van der Waals surface area contributed by atoms with Crippen LogP contribution < -0.4 is 5.32 Å². The molecule has 2 heterocycles. The highest BCUT2D eigenvalue weighted by atomic mass is 32.1. The van der Waals surface area contributed by atoms with Gasteiger partial charge >= 0.3 is 0 Å². The first-order valence-corrected chi connectivity index (χ1v) is 7.74. The van der Waals surface area contributed by atoms with Crippen molar-refractivity contribution in [1.82, 2.24) is 14.5 Å². The summed E-state index contributed by atoms with van der Waals surface area (Å²) in [5.41, 5.74) is 1.07. The molecular weight excluding hydrogens is 256 g/mol. The fourth-order valence-electron chi connectivity index (χ4n) is 2.68. The van der Waals surface area contributed by atoms with Crippen LogP contribution in [-0.4, -0.2) is 20.6 Å². The molecule has 0 amide bonds. The van der Waals surface area contributed by atoms with Gasteiger partial charge in [0.15, 0.2) is 0 Å². The van der Waals surface area contributed by atoms with Gasteiger partial charge in [0.25, 0.3) is 0 Å². The topological polar surface area (TPSA) is 42.7 Å². The Balaban J connectivity index is 1.76. The van der Waals surface area contributed by atoms with Gasteiger partial charge in [0.05, 0.1) is 17.2 Å². The van der Waals surface area contributed by atoms with Crippen LogP contribution in [0.1, 0.15) is 41.3 Å². The van der Waals surface area contributed by atoms with E-state index in [1.165, 1.54) is 30.6 Å². The molecule has 102 valence electrons. The zero-order valence-electron chi connectivity index (χ0n) is 11.5. The first-order valence-electron chi connectivity index (χ1n) is 6.92. The second-order valence-electron chi connectivity index (χ2n) is 5.31. The van der Waals surface area contributed by atoms with Crippen molar-refractivity contribution in [2.75, 3.05) is 5.32 Å². The van der Waals surface area contributed by atoms with E-state index in [1.54, 1.807) is 11.3 Å². The summed E-state index contributed by atoms with van der Waals surface area (Å²) in [5.74, 6) is 1.01. The van der Waals surface area contributed by atoms with Gasteiger partial charge < -0.3 is 9.88 Å². The summed E-state index contributed by atoms with van der Waals surface area (Å²) in [6, 6.07) is 0.601. The molecule has 0 bridgehead atoms. The van der Waals surface area contributed by atoms with Gasteiger partial charge in [0.2, 0.25) is 5.95 Å². The van der Waals surface area contributed by atoms with Gasteiger partial charge in [-0.3, -0.25) is 0 Å². The molecule has 1 fully saturated rings. The highest BCUT2D eigenvalue weighted by Crippen LogP contribution is 2.23. The highest BCUT2D eigenvalue weighted by molar-refractivity contribution is 7.11. The monoisotopic (exact) mass is 276 g/mol. The molecule has 5 heteroatoms. The second kappa shape index (κ2) is 5.33. The molecule has 0 unspecified atom stereocenters. The minimum absolute atomic E-state index is 0.601. The predicted octanol–water partition coefficient (Wildman–Crippen LogP) is 3.36. The highest BCUT2D eigenvalue weighted by Gasteiger charge is 2.17. The number of aromatic nitrogens is 3. The number of anilines is 1. The van der Waals surface area contributed by atoms with Crippen LogP contribution in [0.25, 0.3) is 0 Å². The molecule has 1 N–H and O–H groups in total. The number of imidazole rings is 1. The van der Waals surface area contributed by atoms with E-state index in [9.17, 15) is 0 Å². The maximum atomic E-state index is 4.61. The Labute approximate surface area is 117 Å². The van der Waals surface area contributed by atoms with Crippen LogP contribution >= 0.6 is 11.3 Å². The van der Waals surface area contributed by atoms with E-state index in [4.69, 9.17) is 0 Å². The number of hydrogen-bond donors (Lipinski definition) is 1. The molecule has 1 aliphatic carbocycles. The molecule has 0 aliphatic heterocycles. The molecule has 0 radical (unpaired) electrons. The van der Waals surface area contributed by atoms with Crippen LogP contribution in [0.5, 0.6) is 0 Å². The molecule has 0 aromatic carbocycles. The van der Waals surface area contributed by atoms with Gasteiger partial charge in [0, 0.05) is 23.3 Å². The third kappa shape index (κ3) is 2.97. The molecule has 2 aromatic heterocycles. The van der Waals surface area contributed by atoms with Crippen LogP contribution in [0.4, 0.5) is 5.95 Å². The standard InChI is InChI=1S/C14H20N4S/c1-10-8-18(9-13-7-15-11(2)19-13)14(16-10)17-12-5-3-4-6-12/h7-8,12H,3-6,9H2,1-2H3,(H,16,17). The van der Waals surface area contributed by atoms with Gasteiger partial charge in [-0.15, -0.1) is 11.3 Å². The summed E-state index contributed by atoms with van der Waals surface area (Å²) in [6.45, 7) is 4.96. The number of nitrogens with one attached hydrogen (secondary N) is 1. The van der Waals surface area contributed by atoms with E-state index in [1.807, 2.05) is 20.0 Å². The van der Waals surface area contributed by atoms with Crippen LogP contribution in [0.2, 0.25) is 0 Å². The van der Waals surface area contributed by atoms with Crippen molar-refractivity contribution >= 4 is 17.3 Å². The predicted molar refractivity (Wildman–Crippen MR) is 78.8 cm³/mol. The molecule has 0 spiro atoms. The minimum atomic E-state index is 0.601. The number of aryl methyl sites for hydroxylation is 2. The molecule has 3 rings (SSSR count). The average Bonchev–Trinajstić information content (AvgIpc) is 3.05. The van der Waals surface area contributed by atoms with Crippen molar-refractivity contribution < 1.29 is 0 Å². The lowest BCUT2D eigenvalue weighted by Crippen LogP contribution is -2.18. The van der Waals surface area contributed by atoms with Crippen LogP contribution in [0.15, 0.2) is 12.4 Å². The van der Waals surface area contributed by atoms with Crippen LogP contribution in [-0.2, 0) is 6.54 Å². The fraction of sp³-hybridized carbons (Fsp3) is 0.571. The summed E-state index contributed by atoms with van der Waals surface area (Å²) >= 11 is 1.76. The molecular formula is C14H20N4S. The Morgan fingerprint density at radius 2 is 2.16 bits per heavy atom. The van der Waals surface area contributed by atoms with Crippen molar-refractivity contribution in [3.8, 4) is 0 Å². The van der Waals surface area contributed by atoms with Crippen molar-refractivity contribution in [2.45, 2.75) is 52.1 Å². The Kier molecular flexibility index (Phi) is 3.55. The Hall–Kier alpha value is -1.36. The van der Waals surface area contributed by atoms with E-state index in [2.05, 4.69) is 26.0 Å². The number of rotatable bonds is 4. The summed E-state index contributed by atoms with van der Waals surface area (Å²) in [7, 11) is 0. The molecule has 19 heavy (non-hydrogen) atoms. The average molecular weight is 276 g/mol. The van der Waals surface area contributed by atoms with Crippen molar-refractivity contribution in [1.29, 1.82) is 0 Å². The smallest absolute Gasteiger partial charge is 0.203 e. The first kappa shape index (κ1) is 12.7. The number of thiazole rings is 1. The lowest BCUT2D eigenvalue weighted by molar-refractivity contribution is 0.718. The van der Waals surface area contributed by atoms with Crippen molar-refractivity contribution in [2.24, 2.45) is 0 Å². The maximum absolute atomic E-state index is 4.61. The summed E-state index contributed by atoms with van der Waals surface area (Å²) < 4.78 is 2.21. The Morgan fingerprint density at radius 1 is 1.37 bits per heavy atom. The van der Waals surface area contributed by atoms with Gasteiger partial charge in [-0.2, -0.15) is 0 Å². The maximum Gasteiger partial charge on any atom is 0.203 e.